The van der Waals surface area contributed by atoms with E-state index >= 15 is 0 Å². The monoisotopic (exact) mass is 307 g/mol. The summed E-state index contributed by atoms with van der Waals surface area (Å²) in [5.41, 5.74) is 0.645. The molecule has 0 amide bonds. The van der Waals surface area contributed by atoms with Gasteiger partial charge in [0.15, 0.2) is 11.6 Å². The number of halogens is 1. The summed E-state index contributed by atoms with van der Waals surface area (Å²) in [6.45, 7) is 4.72. The Kier molecular flexibility index (Phi) is 4.08. The van der Waals surface area contributed by atoms with Crippen LogP contribution in [-0.2, 0) is 6.42 Å². The Labute approximate surface area is 129 Å². The van der Waals surface area contributed by atoms with Gasteiger partial charge < -0.3 is 9.84 Å². The fourth-order valence-electron chi connectivity index (χ4n) is 3.65. The van der Waals surface area contributed by atoms with Crippen LogP contribution < -0.4 is 4.74 Å². The van der Waals surface area contributed by atoms with E-state index in [9.17, 15) is 14.3 Å². The summed E-state index contributed by atoms with van der Waals surface area (Å²) < 4.78 is 19.5. The van der Waals surface area contributed by atoms with Crippen LogP contribution in [0.25, 0.3) is 0 Å². The summed E-state index contributed by atoms with van der Waals surface area (Å²) in [6, 6.07) is 3.53. The van der Waals surface area contributed by atoms with Crippen molar-refractivity contribution in [2.45, 2.75) is 57.7 Å². The number of carboxylic acids is 1. The molecule has 4 nitrogen and oxygen atoms in total. The van der Waals surface area contributed by atoms with Gasteiger partial charge in [0.25, 0.3) is 0 Å². The highest BCUT2D eigenvalue weighted by molar-refractivity contribution is 5.90. The molecular weight excluding hydrogens is 285 g/mol. The van der Waals surface area contributed by atoms with Crippen LogP contribution in [0.5, 0.6) is 5.75 Å². The quantitative estimate of drug-likeness (QED) is 0.928. The Bertz CT molecular complexity index is 584. The highest BCUT2D eigenvalue weighted by atomic mass is 19.1. The summed E-state index contributed by atoms with van der Waals surface area (Å²) in [7, 11) is 0. The van der Waals surface area contributed by atoms with Gasteiger partial charge in [-0.1, -0.05) is 6.42 Å². The predicted molar refractivity (Wildman–Crippen MR) is 81.0 cm³/mol. The molecule has 1 aliphatic heterocycles. The van der Waals surface area contributed by atoms with Gasteiger partial charge in [-0.05, 0) is 45.2 Å². The third-order valence-electron chi connectivity index (χ3n) is 4.82. The van der Waals surface area contributed by atoms with Crippen LogP contribution in [0.3, 0.4) is 0 Å². The van der Waals surface area contributed by atoms with Crippen molar-refractivity contribution < 1.29 is 19.0 Å². The zero-order valence-electron chi connectivity index (χ0n) is 13.0. The van der Waals surface area contributed by atoms with Gasteiger partial charge in [-0.2, -0.15) is 0 Å². The number of nitrogens with zero attached hydrogens (tertiary/aromatic N) is 1. The standard InChI is InChI=1S/C17H22FNO3/c1-10(2)19(11-4-3-5-11)12-8-14-13(17(20)21)6-7-15(18)16(14)22-9-12/h6-7,10-12H,3-5,8-9H2,1-2H3,(H,20,21)/t12-/m1/s1. The van der Waals surface area contributed by atoms with Crippen molar-refractivity contribution in [3.05, 3.63) is 29.1 Å². The van der Waals surface area contributed by atoms with Gasteiger partial charge in [0.2, 0.25) is 0 Å². The summed E-state index contributed by atoms with van der Waals surface area (Å²) in [4.78, 5) is 13.8. The number of fused-ring (bicyclic) bond motifs is 1. The lowest BCUT2D eigenvalue weighted by Gasteiger charge is -2.46. The van der Waals surface area contributed by atoms with Gasteiger partial charge in [0, 0.05) is 23.7 Å². The minimum Gasteiger partial charge on any atom is -0.489 e. The van der Waals surface area contributed by atoms with E-state index < -0.39 is 11.8 Å². The number of benzene rings is 1. The smallest absolute Gasteiger partial charge is 0.336 e. The molecule has 1 heterocycles. The van der Waals surface area contributed by atoms with E-state index in [0.717, 1.165) is 0 Å². The zero-order chi connectivity index (χ0) is 15.9. The van der Waals surface area contributed by atoms with Crippen LogP contribution in [0.1, 0.15) is 49.0 Å². The molecule has 1 atom stereocenters. The molecule has 1 aliphatic carbocycles. The summed E-state index contributed by atoms with van der Waals surface area (Å²) >= 11 is 0. The number of aromatic carboxylic acids is 1. The van der Waals surface area contributed by atoms with Crippen molar-refractivity contribution in [3.8, 4) is 5.75 Å². The van der Waals surface area contributed by atoms with Crippen molar-refractivity contribution in [2.24, 2.45) is 0 Å². The first-order valence-electron chi connectivity index (χ1n) is 7.94. The average Bonchev–Trinajstić information content (AvgIpc) is 2.41. The van der Waals surface area contributed by atoms with Gasteiger partial charge in [0.1, 0.15) is 6.61 Å². The molecule has 0 radical (unpaired) electrons. The van der Waals surface area contributed by atoms with Gasteiger partial charge in [-0.3, -0.25) is 4.90 Å². The fraction of sp³-hybridized carbons (Fsp3) is 0.588. The van der Waals surface area contributed by atoms with E-state index in [2.05, 4.69) is 18.7 Å². The molecule has 1 fully saturated rings. The number of hydrogen-bond acceptors (Lipinski definition) is 3. The summed E-state index contributed by atoms with van der Waals surface area (Å²) in [6.07, 6.45) is 4.13. The Morgan fingerprint density at radius 1 is 1.36 bits per heavy atom. The number of carboxylic acid groups (broad SMARTS) is 1. The molecule has 0 saturated heterocycles. The first-order chi connectivity index (χ1) is 10.5. The van der Waals surface area contributed by atoms with Crippen LogP contribution in [0.15, 0.2) is 12.1 Å². The molecule has 1 aromatic rings. The summed E-state index contributed by atoms with van der Waals surface area (Å²) in [5, 5.41) is 9.34. The lowest BCUT2D eigenvalue weighted by atomic mass is 9.87. The third kappa shape index (κ3) is 2.58. The van der Waals surface area contributed by atoms with E-state index in [-0.39, 0.29) is 17.4 Å². The molecule has 1 saturated carbocycles. The molecule has 120 valence electrons. The minimum absolute atomic E-state index is 0.109. The molecule has 3 rings (SSSR count). The van der Waals surface area contributed by atoms with Crippen molar-refractivity contribution >= 4 is 5.97 Å². The molecule has 0 aromatic heterocycles. The Balaban J connectivity index is 1.91. The topological polar surface area (TPSA) is 49.8 Å². The minimum atomic E-state index is -1.03. The van der Waals surface area contributed by atoms with Crippen molar-refractivity contribution in [2.75, 3.05) is 6.61 Å². The molecule has 5 heteroatoms. The van der Waals surface area contributed by atoms with E-state index in [0.29, 0.717) is 30.7 Å². The SMILES string of the molecule is CC(C)N(C1CCC1)[C@H]1COc2c(F)ccc(C(=O)O)c2C1. The molecule has 1 aromatic carbocycles. The van der Waals surface area contributed by atoms with Crippen LogP contribution in [0, 0.1) is 5.82 Å². The summed E-state index contributed by atoms with van der Waals surface area (Å²) in [5.74, 6) is -1.38. The Hall–Kier alpha value is -1.62. The molecule has 1 N–H and O–H groups in total. The van der Waals surface area contributed by atoms with Crippen LogP contribution in [-0.4, -0.2) is 40.7 Å². The van der Waals surface area contributed by atoms with Crippen molar-refractivity contribution in [1.29, 1.82) is 0 Å². The van der Waals surface area contributed by atoms with Crippen LogP contribution >= 0.6 is 0 Å². The van der Waals surface area contributed by atoms with E-state index in [1.54, 1.807) is 0 Å². The maximum absolute atomic E-state index is 13.9. The first kappa shape index (κ1) is 15.3. The lowest BCUT2D eigenvalue weighted by molar-refractivity contribution is 0.0182. The number of carbonyl (C=O) groups is 1. The maximum Gasteiger partial charge on any atom is 0.336 e. The van der Waals surface area contributed by atoms with Crippen LogP contribution in [0.2, 0.25) is 0 Å². The molecule has 22 heavy (non-hydrogen) atoms. The zero-order valence-corrected chi connectivity index (χ0v) is 13.0. The third-order valence-corrected chi connectivity index (χ3v) is 4.82. The largest absolute Gasteiger partial charge is 0.489 e. The lowest BCUT2D eigenvalue weighted by Crippen LogP contribution is -2.54. The second-order valence-electron chi connectivity index (χ2n) is 6.50. The van der Waals surface area contributed by atoms with Gasteiger partial charge in [-0.15, -0.1) is 0 Å². The molecule has 0 unspecified atom stereocenters. The average molecular weight is 307 g/mol. The Morgan fingerprint density at radius 3 is 2.64 bits per heavy atom. The maximum atomic E-state index is 13.9. The highest BCUT2D eigenvalue weighted by Crippen LogP contribution is 2.36. The molecular formula is C17H22FNO3. The number of ether oxygens (including phenoxy) is 1. The highest BCUT2D eigenvalue weighted by Gasteiger charge is 2.36. The molecule has 0 bridgehead atoms. The second-order valence-corrected chi connectivity index (χ2v) is 6.50. The normalized spacial score (nSPS) is 21.4. The van der Waals surface area contributed by atoms with E-state index in [1.807, 2.05) is 0 Å². The van der Waals surface area contributed by atoms with Gasteiger partial charge in [0.05, 0.1) is 5.56 Å². The van der Waals surface area contributed by atoms with Crippen LogP contribution in [0.4, 0.5) is 4.39 Å². The molecule has 2 aliphatic rings. The predicted octanol–water partition coefficient (Wildman–Crippen LogP) is 3.09. The molecule has 0 spiro atoms. The fourth-order valence-corrected chi connectivity index (χ4v) is 3.65. The Morgan fingerprint density at radius 2 is 2.09 bits per heavy atom. The van der Waals surface area contributed by atoms with Crippen molar-refractivity contribution in [3.63, 3.8) is 0 Å². The van der Waals surface area contributed by atoms with Gasteiger partial charge in [-0.25, -0.2) is 9.18 Å². The van der Waals surface area contributed by atoms with Gasteiger partial charge >= 0.3 is 5.97 Å². The number of hydrogen-bond donors (Lipinski definition) is 1. The van der Waals surface area contributed by atoms with E-state index in [1.165, 1.54) is 31.4 Å². The second kappa shape index (κ2) is 5.88. The number of rotatable bonds is 4. The first-order valence-corrected chi connectivity index (χ1v) is 7.94. The van der Waals surface area contributed by atoms with E-state index in [4.69, 9.17) is 4.74 Å². The van der Waals surface area contributed by atoms with Crippen molar-refractivity contribution in [1.82, 2.24) is 4.90 Å².